The maximum absolute atomic E-state index is 10.3. The molecule has 0 aliphatic heterocycles. The summed E-state index contributed by atoms with van der Waals surface area (Å²) in [4.78, 5) is 20.6. The molecule has 0 aliphatic carbocycles. The minimum absolute atomic E-state index is 0. The summed E-state index contributed by atoms with van der Waals surface area (Å²) in [6, 6.07) is 0. The van der Waals surface area contributed by atoms with Gasteiger partial charge in [-0.3, -0.25) is 9.59 Å². The Labute approximate surface area is 194 Å². The molecule has 0 saturated carbocycles. The van der Waals surface area contributed by atoms with E-state index < -0.39 is 0 Å². The first kappa shape index (κ1) is 38.0. The van der Waals surface area contributed by atoms with E-state index >= 15 is 0 Å². The number of hydrogen-bond acceptors (Lipinski definition) is 8. The molecule has 0 bridgehead atoms. The zero-order valence-corrected chi connectivity index (χ0v) is 21.7. The fraction of sp³-hybridized carbons (Fsp3) is 0.778. The van der Waals surface area contributed by atoms with Crippen LogP contribution in [0.1, 0.15) is 39.5 Å². The molecule has 0 atom stereocenters. The van der Waals surface area contributed by atoms with Gasteiger partial charge in [-0.25, -0.2) is 0 Å². The SMILES string of the molecule is COCCOC(=O)C[S-].COCCOC(=O)C[S-].[CH2]CCC.[CH2]CCC.[Sn+2]. The third-order valence-electron chi connectivity index (χ3n) is 2.04. The molecule has 0 rings (SSSR count). The zero-order chi connectivity index (χ0) is 21.1. The Morgan fingerprint density at radius 3 is 1.15 bits per heavy atom. The average molecular weight is 531 g/mol. The van der Waals surface area contributed by atoms with Gasteiger partial charge in [0.15, 0.2) is 0 Å². The predicted octanol–water partition coefficient (Wildman–Crippen LogP) is 2.31. The smallest absolute Gasteiger partial charge is 0.782 e. The number of carbonyl (C=O) groups is 2. The van der Waals surface area contributed by atoms with Crippen LogP contribution in [-0.4, -0.2) is 88.0 Å². The molecule has 160 valence electrons. The van der Waals surface area contributed by atoms with Crippen LogP contribution in [0.25, 0.3) is 0 Å². The summed E-state index contributed by atoms with van der Waals surface area (Å²) >= 11 is 8.82. The van der Waals surface area contributed by atoms with E-state index in [1.165, 1.54) is 12.8 Å². The van der Waals surface area contributed by atoms with Gasteiger partial charge in [-0.05, 0) is 0 Å². The quantitative estimate of drug-likeness (QED) is 0.184. The topological polar surface area (TPSA) is 71.1 Å². The minimum atomic E-state index is -0.359. The number of carbonyl (C=O) groups excluding carboxylic acids is 2. The van der Waals surface area contributed by atoms with Gasteiger partial charge in [-0.1, -0.05) is 64.9 Å². The summed E-state index contributed by atoms with van der Waals surface area (Å²) in [5.74, 6) is -0.683. The van der Waals surface area contributed by atoms with E-state index in [9.17, 15) is 9.59 Å². The van der Waals surface area contributed by atoms with Crippen molar-refractivity contribution in [2.45, 2.75) is 39.5 Å². The Bertz CT molecular complexity index is 242. The predicted molar refractivity (Wildman–Crippen MR) is 116 cm³/mol. The van der Waals surface area contributed by atoms with Gasteiger partial charge >= 0.3 is 23.9 Å². The Balaban J connectivity index is -0.0000000843. The first-order chi connectivity index (χ1) is 12.4. The fourth-order valence-corrected chi connectivity index (χ4v) is 0.728. The number of rotatable bonds is 10. The molecule has 0 unspecified atom stereocenters. The summed E-state index contributed by atoms with van der Waals surface area (Å²) in [6.07, 6.45) is 4.56. The number of ether oxygens (including phenoxy) is 4. The maximum Gasteiger partial charge on any atom is 2.00 e. The van der Waals surface area contributed by atoms with Crippen LogP contribution >= 0.6 is 0 Å². The van der Waals surface area contributed by atoms with Gasteiger partial charge in [0.25, 0.3) is 11.9 Å². The largest absolute Gasteiger partial charge is 2.00 e. The first-order valence-electron chi connectivity index (χ1n) is 8.49. The normalized spacial score (nSPS) is 8.30. The average Bonchev–Trinajstić information content (AvgIpc) is 2.68. The van der Waals surface area contributed by atoms with E-state index in [1.807, 2.05) is 0 Å². The summed E-state index contributed by atoms with van der Waals surface area (Å²) in [5.41, 5.74) is 0. The van der Waals surface area contributed by atoms with E-state index in [2.05, 4.69) is 71.9 Å². The first-order valence-corrected chi connectivity index (χ1v) is 9.64. The van der Waals surface area contributed by atoms with E-state index in [0.29, 0.717) is 26.4 Å². The number of esters is 2. The Hall–Kier alpha value is 0.359. The van der Waals surface area contributed by atoms with Crippen molar-refractivity contribution in [3.63, 3.8) is 0 Å². The minimum Gasteiger partial charge on any atom is -0.782 e. The second-order valence-corrected chi connectivity index (χ2v) is 5.00. The third-order valence-corrected chi connectivity index (χ3v) is 2.52. The standard InChI is InChI=1S/2C5H10O3S.2C4H9.Sn/c2*1-7-2-3-8-5(6)4-9;2*1-3-4-2;/h2*9H,2-4H2,1H3;2*1,3-4H2,2H3;/q;;;;+2/p-2. The molecule has 27 heavy (non-hydrogen) atoms. The van der Waals surface area contributed by atoms with Crippen molar-refractivity contribution in [2.75, 3.05) is 52.2 Å². The molecule has 0 heterocycles. The van der Waals surface area contributed by atoms with Crippen LogP contribution in [0.4, 0.5) is 0 Å². The molecule has 4 radical (unpaired) electrons. The van der Waals surface area contributed by atoms with Gasteiger partial charge in [-0.15, -0.1) is 0 Å². The number of unbranched alkanes of at least 4 members (excludes halogenated alkanes) is 2. The van der Waals surface area contributed by atoms with Gasteiger partial charge in [0.1, 0.15) is 13.2 Å². The van der Waals surface area contributed by atoms with Gasteiger partial charge in [0.05, 0.1) is 13.2 Å². The van der Waals surface area contributed by atoms with Gasteiger partial charge in [0.2, 0.25) is 0 Å². The molecule has 0 amide bonds. The monoisotopic (exact) mass is 532 g/mol. The molecule has 0 spiro atoms. The van der Waals surface area contributed by atoms with Gasteiger partial charge < -0.3 is 44.2 Å². The second kappa shape index (κ2) is 40.9. The number of hydrogen-bond donors (Lipinski definition) is 0. The zero-order valence-electron chi connectivity index (χ0n) is 17.3. The van der Waals surface area contributed by atoms with E-state index in [-0.39, 0.29) is 47.4 Å². The van der Waals surface area contributed by atoms with Crippen molar-refractivity contribution < 1.29 is 28.5 Å². The molecule has 6 nitrogen and oxygen atoms in total. The van der Waals surface area contributed by atoms with E-state index in [1.54, 1.807) is 14.2 Å². The van der Waals surface area contributed by atoms with Crippen molar-refractivity contribution in [1.29, 1.82) is 0 Å². The molecule has 0 aromatic rings. The third kappa shape index (κ3) is 58.4. The summed E-state index contributed by atoms with van der Waals surface area (Å²) < 4.78 is 18.4. The Morgan fingerprint density at radius 2 is 1.00 bits per heavy atom. The molecule has 9 heteroatoms. The van der Waals surface area contributed by atoms with Crippen LogP contribution in [0.5, 0.6) is 0 Å². The van der Waals surface area contributed by atoms with Gasteiger partial charge in [0, 0.05) is 14.2 Å². The molecule has 0 aromatic heterocycles. The van der Waals surface area contributed by atoms with Crippen molar-refractivity contribution in [2.24, 2.45) is 0 Å². The number of methoxy groups -OCH3 is 2. The molecular weight excluding hydrogens is 495 g/mol. The van der Waals surface area contributed by atoms with Crippen LogP contribution in [0, 0.1) is 13.8 Å². The summed E-state index contributed by atoms with van der Waals surface area (Å²) in [7, 11) is 3.09. The van der Waals surface area contributed by atoms with Crippen molar-refractivity contribution in [1.82, 2.24) is 0 Å². The van der Waals surface area contributed by atoms with E-state index in [4.69, 9.17) is 0 Å². The van der Waals surface area contributed by atoms with Crippen molar-refractivity contribution in [3.8, 4) is 0 Å². The van der Waals surface area contributed by atoms with Crippen LogP contribution < -0.4 is 0 Å². The van der Waals surface area contributed by atoms with Crippen molar-refractivity contribution in [3.05, 3.63) is 13.8 Å². The Kier molecular flexibility index (Phi) is 57.6. The molecule has 0 N–H and O–H groups in total. The van der Waals surface area contributed by atoms with Gasteiger partial charge in [-0.2, -0.15) is 0 Å². The van der Waals surface area contributed by atoms with Crippen LogP contribution in [-0.2, 0) is 53.8 Å². The summed E-state index contributed by atoms with van der Waals surface area (Å²) in [6.45, 7) is 12.9. The Morgan fingerprint density at radius 1 is 0.741 bits per heavy atom. The van der Waals surface area contributed by atoms with Crippen molar-refractivity contribution >= 4 is 61.1 Å². The second-order valence-electron chi connectivity index (χ2n) is 4.42. The molecule has 0 aromatic carbocycles. The van der Waals surface area contributed by atoms with Crippen LogP contribution in [0.15, 0.2) is 0 Å². The molecule has 0 fully saturated rings. The van der Waals surface area contributed by atoms with Crippen LogP contribution in [0.3, 0.4) is 0 Å². The molecule has 0 saturated heterocycles. The van der Waals surface area contributed by atoms with E-state index in [0.717, 1.165) is 12.8 Å². The molecular formula is C18H36O6S2Sn. The fourth-order valence-electron chi connectivity index (χ4n) is 0.561. The summed E-state index contributed by atoms with van der Waals surface area (Å²) in [5, 5.41) is 0. The van der Waals surface area contributed by atoms with Crippen LogP contribution in [0.2, 0.25) is 0 Å². The molecule has 0 aliphatic rings. The maximum atomic E-state index is 10.3.